The molecule has 0 bridgehead atoms. The smallest absolute Gasteiger partial charge is 0.221 e. The van der Waals surface area contributed by atoms with E-state index in [9.17, 15) is 0 Å². The summed E-state index contributed by atoms with van der Waals surface area (Å²) in [7, 11) is 1.65. The molecule has 164 valence electrons. The summed E-state index contributed by atoms with van der Waals surface area (Å²) in [6.07, 6.45) is 9.21. The molecule has 0 spiro atoms. The first-order valence-corrected chi connectivity index (χ1v) is 10.4. The molecule has 33 heavy (non-hydrogen) atoms. The number of nitrogen functional groups attached to an aromatic ring is 1. The lowest BCUT2D eigenvalue weighted by Crippen LogP contribution is -2.21. The van der Waals surface area contributed by atoms with Gasteiger partial charge in [0.1, 0.15) is 23.9 Å². The highest BCUT2D eigenvalue weighted by Crippen LogP contribution is 2.33. The maximum Gasteiger partial charge on any atom is 0.221 e. The van der Waals surface area contributed by atoms with Crippen molar-refractivity contribution in [3.63, 3.8) is 0 Å². The van der Waals surface area contributed by atoms with Crippen molar-refractivity contribution in [3.05, 3.63) is 72.7 Å². The number of aliphatic imine (C=N–C) groups is 1. The molecule has 0 saturated carbocycles. The molecule has 9 nitrogen and oxygen atoms in total. The number of aromatic nitrogens is 5. The Kier molecular flexibility index (Phi) is 5.27. The minimum atomic E-state index is 0.214. The van der Waals surface area contributed by atoms with Crippen molar-refractivity contribution in [3.8, 4) is 33.8 Å². The molecule has 1 aliphatic heterocycles. The van der Waals surface area contributed by atoms with Crippen molar-refractivity contribution in [2.24, 2.45) is 4.99 Å². The van der Waals surface area contributed by atoms with E-state index in [-0.39, 0.29) is 5.95 Å². The number of allylic oxidation sites excluding steroid dienone is 1. The van der Waals surface area contributed by atoms with Gasteiger partial charge in [-0.15, -0.1) is 5.10 Å². The Morgan fingerprint density at radius 3 is 2.67 bits per heavy atom. The summed E-state index contributed by atoms with van der Waals surface area (Å²) in [5.41, 5.74) is 11.4. The molecule has 2 aromatic carbocycles. The third kappa shape index (κ3) is 4.03. The third-order valence-corrected chi connectivity index (χ3v) is 5.41. The van der Waals surface area contributed by atoms with Crippen LogP contribution in [0.2, 0.25) is 0 Å². The summed E-state index contributed by atoms with van der Waals surface area (Å²) in [5, 5.41) is 8.68. The standard InChI is InChI=1S/C24H22N8O/c1-16-4-7-18(32-14-22(29-30-32)17-5-8-19(33-2)9-6-17)12-20(16)21-13-27-24(25)28-23(21)31-11-3-10-26-15-31/h3-14H,15H2,1-2H3,(H2,25,27,28). The number of aryl methyl sites for hydroxylation is 1. The second-order valence-electron chi connectivity index (χ2n) is 7.53. The van der Waals surface area contributed by atoms with Crippen LogP contribution in [0.15, 0.2) is 72.1 Å². The molecule has 0 radical (unpaired) electrons. The average Bonchev–Trinajstić information content (AvgIpc) is 3.35. The molecule has 3 heterocycles. The SMILES string of the molecule is COc1ccc(-c2cn(-c3ccc(C)c(-c4cnc(N)nc4N4C=CC=NC4)c3)nn2)cc1. The van der Waals surface area contributed by atoms with Crippen molar-refractivity contribution in [1.82, 2.24) is 25.0 Å². The van der Waals surface area contributed by atoms with E-state index >= 15 is 0 Å². The Labute approximate surface area is 190 Å². The zero-order valence-corrected chi connectivity index (χ0v) is 18.3. The fourth-order valence-corrected chi connectivity index (χ4v) is 3.64. The number of hydrogen-bond acceptors (Lipinski definition) is 8. The molecule has 0 atom stereocenters. The van der Waals surface area contributed by atoms with Gasteiger partial charge in [-0.2, -0.15) is 4.98 Å². The first-order chi connectivity index (χ1) is 16.1. The van der Waals surface area contributed by atoms with Gasteiger partial charge in [-0.05, 0) is 60.5 Å². The van der Waals surface area contributed by atoms with Crippen LogP contribution in [-0.4, -0.2) is 45.0 Å². The van der Waals surface area contributed by atoms with Crippen molar-refractivity contribution >= 4 is 18.0 Å². The van der Waals surface area contributed by atoms with Crippen molar-refractivity contribution in [1.29, 1.82) is 0 Å². The Morgan fingerprint density at radius 2 is 1.91 bits per heavy atom. The van der Waals surface area contributed by atoms with E-state index in [0.717, 1.165) is 39.4 Å². The number of benzene rings is 2. The zero-order chi connectivity index (χ0) is 22.8. The third-order valence-electron chi connectivity index (χ3n) is 5.41. The topological polar surface area (TPSA) is 107 Å². The lowest BCUT2D eigenvalue weighted by Gasteiger charge is -2.22. The van der Waals surface area contributed by atoms with E-state index in [4.69, 9.17) is 10.5 Å². The van der Waals surface area contributed by atoms with Crippen LogP contribution in [0, 0.1) is 6.92 Å². The largest absolute Gasteiger partial charge is 0.497 e. The van der Waals surface area contributed by atoms with Gasteiger partial charge in [0.05, 0.1) is 19.0 Å². The van der Waals surface area contributed by atoms with E-state index in [0.29, 0.717) is 12.5 Å². The van der Waals surface area contributed by atoms with Gasteiger partial charge < -0.3 is 15.4 Å². The molecule has 2 N–H and O–H groups in total. The van der Waals surface area contributed by atoms with Crippen LogP contribution in [0.1, 0.15) is 5.56 Å². The molecule has 0 amide bonds. The van der Waals surface area contributed by atoms with E-state index in [1.807, 2.05) is 66.7 Å². The lowest BCUT2D eigenvalue weighted by molar-refractivity contribution is 0.415. The van der Waals surface area contributed by atoms with Gasteiger partial charge in [-0.3, -0.25) is 4.99 Å². The average molecular weight is 438 g/mol. The molecule has 1 aliphatic rings. The Bertz CT molecular complexity index is 1360. The second kappa shape index (κ2) is 8.54. The zero-order valence-electron chi connectivity index (χ0n) is 18.3. The Hall–Kier alpha value is -4.53. The summed E-state index contributed by atoms with van der Waals surface area (Å²) in [5.74, 6) is 1.71. The van der Waals surface area contributed by atoms with Gasteiger partial charge in [0.25, 0.3) is 0 Å². The molecule has 5 rings (SSSR count). The molecule has 0 unspecified atom stereocenters. The molecule has 4 aromatic rings. The van der Waals surface area contributed by atoms with E-state index in [1.165, 1.54) is 0 Å². The number of methoxy groups -OCH3 is 1. The molecule has 2 aromatic heterocycles. The Balaban J connectivity index is 1.53. The van der Waals surface area contributed by atoms with Crippen molar-refractivity contribution in [2.75, 3.05) is 24.4 Å². The maximum absolute atomic E-state index is 5.91. The minimum Gasteiger partial charge on any atom is -0.497 e. The minimum absolute atomic E-state index is 0.214. The van der Waals surface area contributed by atoms with Gasteiger partial charge in [0, 0.05) is 29.7 Å². The predicted octanol–water partition coefficient (Wildman–Crippen LogP) is 3.65. The van der Waals surface area contributed by atoms with Gasteiger partial charge in [0.15, 0.2) is 0 Å². The number of nitrogens with two attached hydrogens (primary N) is 1. The van der Waals surface area contributed by atoms with E-state index in [2.05, 4.69) is 31.3 Å². The molecule has 0 aliphatic carbocycles. The van der Waals surface area contributed by atoms with Crippen LogP contribution in [0.3, 0.4) is 0 Å². The number of nitrogens with zero attached hydrogens (tertiary/aromatic N) is 7. The number of rotatable bonds is 5. The first kappa shape index (κ1) is 20.4. The quantitative estimate of drug-likeness (QED) is 0.507. The summed E-state index contributed by atoms with van der Waals surface area (Å²) in [6, 6.07) is 13.8. The van der Waals surface area contributed by atoms with Crippen LogP contribution in [0.5, 0.6) is 5.75 Å². The molecule has 0 saturated heterocycles. The van der Waals surface area contributed by atoms with Gasteiger partial charge in [0.2, 0.25) is 5.95 Å². The highest BCUT2D eigenvalue weighted by atomic mass is 16.5. The number of hydrogen-bond donors (Lipinski definition) is 1. The summed E-state index contributed by atoms with van der Waals surface area (Å²) < 4.78 is 6.99. The summed E-state index contributed by atoms with van der Waals surface area (Å²) in [6.45, 7) is 2.51. The fourth-order valence-electron chi connectivity index (χ4n) is 3.64. The molecular formula is C24H22N8O. The van der Waals surface area contributed by atoms with Crippen LogP contribution in [0.4, 0.5) is 11.8 Å². The van der Waals surface area contributed by atoms with Gasteiger partial charge >= 0.3 is 0 Å². The normalized spacial score (nSPS) is 12.8. The van der Waals surface area contributed by atoms with Crippen LogP contribution >= 0.6 is 0 Å². The van der Waals surface area contributed by atoms with Crippen LogP contribution < -0.4 is 15.4 Å². The fraction of sp³-hybridized carbons (Fsp3) is 0.125. The Morgan fingerprint density at radius 1 is 1.06 bits per heavy atom. The van der Waals surface area contributed by atoms with Gasteiger partial charge in [-0.1, -0.05) is 11.3 Å². The van der Waals surface area contributed by atoms with E-state index in [1.54, 1.807) is 24.2 Å². The molecule has 0 fully saturated rings. The second-order valence-corrected chi connectivity index (χ2v) is 7.53. The van der Waals surface area contributed by atoms with Gasteiger partial charge in [-0.25, -0.2) is 9.67 Å². The van der Waals surface area contributed by atoms with Crippen molar-refractivity contribution < 1.29 is 4.74 Å². The lowest BCUT2D eigenvalue weighted by atomic mass is 10.0. The highest BCUT2D eigenvalue weighted by molar-refractivity contribution is 5.82. The van der Waals surface area contributed by atoms with Crippen molar-refractivity contribution in [2.45, 2.75) is 6.92 Å². The van der Waals surface area contributed by atoms with Crippen LogP contribution in [-0.2, 0) is 0 Å². The van der Waals surface area contributed by atoms with E-state index < -0.39 is 0 Å². The molecule has 9 heteroatoms. The summed E-state index contributed by atoms with van der Waals surface area (Å²) in [4.78, 5) is 15.0. The number of anilines is 2. The first-order valence-electron chi connectivity index (χ1n) is 10.4. The van der Waals surface area contributed by atoms with Crippen LogP contribution in [0.25, 0.3) is 28.1 Å². The summed E-state index contributed by atoms with van der Waals surface area (Å²) >= 11 is 0. The predicted molar refractivity (Wildman–Crippen MR) is 129 cm³/mol. The highest BCUT2D eigenvalue weighted by Gasteiger charge is 2.17. The number of ether oxygens (including phenoxy) is 1. The maximum atomic E-state index is 5.91. The molecular weight excluding hydrogens is 416 g/mol. The monoisotopic (exact) mass is 438 g/mol.